The van der Waals surface area contributed by atoms with Crippen molar-refractivity contribution in [3.63, 3.8) is 0 Å². The topological polar surface area (TPSA) is 90.6 Å². The monoisotopic (exact) mass is 346 g/mol. The number of nitrogens with two attached hydrogens (primary N) is 1. The summed E-state index contributed by atoms with van der Waals surface area (Å²) in [5, 5.41) is 3.34. The van der Waals surface area contributed by atoms with Crippen LogP contribution in [0.25, 0.3) is 0 Å². The Morgan fingerprint density at radius 2 is 1.80 bits per heavy atom. The first-order valence-electron chi connectivity index (χ1n) is 8.51. The highest BCUT2D eigenvalue weighted by Gasteiger charge is 2.46. The highest BCUT2D eigenvalue weighted by molar-refractivity contribution is 5.91. The number of hydrogen-bond donors (Lipinski definition) is 2. The van der Waals surface area contributed by atoms with Crippen molar-refractivity contribution in [3.05, 3.63) is 41.1 Å². The van der Waals surface area contributed by atoms with Gasteiger partial charge in [-0.2, -0.15) is 0 Å². The number of anilines is 1. The van der Waals surface area contributed by atoms with Gasteiger partial charge in [-0.15, -0.1) is 0 Å². The zero-order chi connectivity index (χ0) is 18.6. The second kappa shape index (κ2) is 7.59. The molecular weight excluding hydrogens is 320 g/mol. The Balaban J connectivity index is 2.47. The van der Waals surface area contributed by atoms with Crippen molar-refractivity contribution in [3.8, 4) is 0 Å². The van der Waals surface area contributed by atoms with Crippen LogP contribution in [0, 0.1) is 5.92 Å². The SMILES string of the molecule is CCOC(=O)C1=C(C)NC(C)(c2ccc(N)cc2)C(C(=O)OCC)C1. The maximum atomic E-state index is 12.6. The van der Waals surface area contributed by atoms with Gasteiger partial charge < -0.3 is 20.5 Å². The van der Waals surface area contributed by atoms with E-state index >= 15 is 0 Å². The number of carbonyl (C=O) groups excluding carboxylic acids is 2. The van der Waals surface area contributed by atoms with Gasteiger partial charge in [0.25, 0.3) is 0 Å². The summed E-state index contributed by atoms with van der Waals surface area (Å²) in [7, 11) is 0. The Bertz CT molecular complexity index is 681. The molecule has 3 N–H and O–H groups in total. The quantitative estimate of drug-likeness (QED) is 0.629. The predicted molar refractivity (Wildman–Crippen MR) is 95.4 cm³/mol. The summed E-state index contributed by atoms with van der Waals surface area (Å²) in [4.78, 5) is 24.9. The second-order valence-corrected chi connectivity index (χ2v) is 6.28. The Morgan fingerprint density at radius 1 is 1.20 bits per heavy atom. The number of carbonyl (C=O) groups is 2. The van der Waals surface area contributed by atoms with Gasteiger partial charge in [-0.25, -0.2) is 4.79 Å². The lowest BCUT2D eigenvalue weighted by molar-refractivity contribution is -0.151. The number of nitrogens with one attached hydrogen (secondary N) is 1. The molecule has 0 fully saturated rings. The molecule has 1 heterocycles. The summed E-state index contributed by atoms with van der Waals surface area (Å²) >= 11 is 0. The zero-order valence-electron chi connectivity index (χ0n) is 15.2. The number of allylic oxidation sites excluding steroid dienone is 1. The van der Waals surface area contributed by atoms with E-state index in [0.29, 0.717) is 17.0 Å². The molecule has 2 atom stereocenters. The summed E-state index contributed by atoms with van der Waals surface area (Å²) < 4.78 is 10.4. The van der Waals surface area contributed by atoms with Crippen LogP contribution < -0.4 is 11.1 Å². The minimum Gasteiger partial charge on any atom is -0.466 e. The molecule has 0 spiro atoms. The van der Waals surface area contributed by atoms with E-state index in [9.17, 15) is 9.59 Å². The third-order valence-electron chi connectivity index (χ3n) is 4.61. The van der Waals surface area contributed by atoms with E-state index in [0.717, 1.165) is 5.56 Å². The summed E-state index contributed by atoms with van der Waals surface area (Å²) in [5.74, 6) is -1.30. The Hall–Kier alpha value is -2.50. The molecule has 2 unspecified atom stereocenters. The molecule has 0 amide bonds. The molecule has 1 aliphatic rings. The van der Waals surface area contributed by atoms with Gasteiger partial charge in [0, 0.05) is 11.4 Å². The third kappa shape index (κ3) is 3.78. The van der Waals surface area contributed by atoms with Crippen LogP contribution in [-0.2, 0) is 24.6 Å². The van der Waals surface area contributed by atoms with Crippen LogP contribution in [0.1, 0.15) is 39.7 Å². The minimum atomic E-state index is -0.708. The van der Waals surface area contributed by atoms with Gasteiger partial charge >= 0.3 is 11.9 Å². The molecule has 0 aromatic heterocycles. The zero-order valence-corrected chi connectivity index (χ0v) is 15.2. The van der Waals surface area contributed by atoms with Crippen molar-refractivity contribution >= 4 is 17.6 Å². The molecule has 1 aliphatic heterocycles. The Morgan fingerprint density at radius 3 is 2.36 bits per heavy atom. The van der Waals surface area contributed by atoms with Gasteiger partial charge in [0.1, 0.15) is 0 Å². The summed E-state index contributed by atoms with van der Waals surface area (Å²) in [6.07, 6.45) is 0.261. The normalized spacial score (nSPS) is 23.0. The summed E-state index contributed by atoms with van der Waals surface area (Å²) in [5.41, 5.74) is 7.81. The van der Waals surface area contributed by atoms with Gasteiger partial charge in [-0.1, -0.05) is 12.1 Å². The fourth-order valence-electron chi connectivity index (χ4n) is 3.23. The first-order valence-corrected chi connectivity index (χ1v) is 8.51. The van der Waals surface area contributed by atoms with Gasteiger partial charge in [0.15, 0.2) is 0 Å². The largest absolute Gasteiger partial charge is 0.466 e. The minimum absolute atomic E-state index is 0.261. The van der Waals surface area contributed by atoms with Crippen LogP contribution >= 0.6 is 0 Å². The fourth-order valence-corrected chi connectivity index (χ4v) is 3.23. The van der Waals surface area contributed by atoms with Crippen LogP contribution in [0.4, 0.5) is 5.69 Å². The van der Waals surface area contributed by atoms with Crippen molar-refractivity contribution < 1.29 is 19.1 Å². The number of hydrogen-bond acceptors (Lipinski definition) is 6. The van der Waals surface area contributed by atoms with Gasteiger partial charge in [-0.05, 0) is 51.8 Å². The van der Waals surface area contributed by atoms with Crippen molar-refractivity contribution in [1.82, 2.24) is 5.32 Å². The maximum Gasteiger partial charge on any atom is 0.335 e. The number of nitrogen functional groups attached to an aromatic ring is 1. The van der Waals surface area contributed by atoms with E-state index < -0.39 is 17.4 Å². The second-order valence-electron chi connectivity index (χ2n) is 6.28. The third-order valence-corrected chi connectivity index (χ3v) is 4.61. The molecule has 25 heavy (non-hydrogen) atoms. The summed E-state index contributed by atoms with van der Waals surface area (Å²) in [6.45, 7) is 7.85. The molecule has 136 valence electrons. The lowest BCUT2D eigenvalue weighted by Gasteiger charge is -2.42. The van der Waals surface area contributed by atoms with Gasteiger partial charge in [-0.3, -0.25) is 4.79 Å². The lowest BCUT2D eigenvalue weighted by Crippen LogP contribution is -2.52. The van der Waals surface area contributed by atoms with Crippen LogP contribution in [0.15, 0.2) is 35.5 Å². The number of esters is 2. The molecule has 1 aromatic carbocycles. The first-order chi connectivity index (χ1) is 11.8. The van der Waals surface area contributed by atoms with Crippen molar-refractivity contribution in [2.45, 2.75) is 39.7 Å². The number of benzene rings is 1. The Labute approximate surface area is 148 Å². The molecule has 6 nitrogen and oxygen atoms in total. The standard InChI is InChI=1S/C19H26N2O4/c1-5-24-17(22)15-11-16(18(23)25-6-2)19(4,21-12(15)3)13-7-9-14(20)10-8-13/h7-10,16,21H,5-6,11,20H2,1-4H3. The van der Waals surface area contributed by atoms with E-state index in [1.54, 1.807) is 26.0 Å². The molecule has 0 radical (unpaired) electrons. The fraction of sp³-hybridized carbons (Fsp3) is 0.474. The summed E-state index contributed by atoms with van der Waals surface area (Å²) in [6, 6.07) is 7.36. The van der Waals surface area contributed by atoms with E-state index in [2.05, 4.69) is 5.32 Å². The number of ether oxygens (including phenoxy) is 2. The predicted octanol–water partition coefficient (Wildman–Crippen LogP) is 2.49. The molecular formula is C19H26N2O4. The van der Waals surface area contributed by atoms with Crippen LogP contribution in [0.3, 0.4) is 0 Å². The average Bonchev–Trinajstić information content (AvgIpc) is 2.55. The maximum absolute atomic E-state index is 12.6. The molecule has 0 saturated carbocycles. The number of rotatable bonds is 5. The van der Waals surface area contributed by atoms with Crippen molar-refractivity contribution in [2.24, 2.45) is 5.92 Å². The van der Waals surface area contributed by atoms with E-state index in [1.807, 2.05) is 26.0 Å². The van der Waals surface area contributed by atoms with Crippen LogP contribution in [-0.4, -0.2) is 25.2 Å². The van der Waals surface area contributed by atoms with Crippen molar-refractivity contribution in [2.75, 3.05) is 18.9 Å². The lowest BCUT2D eigenvalue weighted by atomic mass is 9.73. The van der Waals surface area contributed by atoms with E-state index in [4.69, 9.17) is 15.2 Å². The van der Waals surface area contributed by atoms with E-state index in [1.165, 1.54) is 0 Å². The molecule has 1 aromatic rings. The molecule has 2 rings (SSSR count). The first kappa shape index (κ1) is 18.8. The van der Waals surface area contributed by atoms with Gasteiger partial charge in [0.05, 0.1) is 30.2 Å². The molecule has 0 saturated heterocycles. The highest BCUT2D eigenvalue weighted by atomic mass is 16.5. The van der Waals surface area contributed by atoms with E-state index in [-0.39, 0.29) is 25.6 Å². The smallest absolute Gasteiger partial charge is 0.335 e. The molecule has 6 heteroatoms. The highest BCUT2D eigenvalue weighted by Crippen LogP contribution is 2.40. The molecule has 0 aliphatic carbocycles. The van der Waals surface area contributed by atoms with Crippen molar-refractivity contribution in [1.29, 1.82) is 0 Å². The van der Waals surface area contributed by atoms with Gasteiger partial charge in [0.2, 0.25) is 0 Å². The Kier molecular flexibility index (Phi) is 5.72. The van der Waals surface area contributed by atoms with Crippen LogP contribution in [0.2, 0.25) is 0 Å². The average molecular weight is 346 g/mol. The van der Waals surface area contributed by atoms with Crippen LogP contribution in [0.5, 0.6) is 0 Å². The molecule has 0 bridgehead atoms.